The summed E-state index contributed by atoms with van der Waals surface area (Å²) in [5.74, 6) is 0.861. The van der Waals surface area contributed by atoms with Crippen molar-refractivity contribution in [2.24, 2.45) is 7.05 Å². The number of aromatic nitrogens is 4. The third-order valence-corrected chi connectivity index (χ3v) is 8.02. The van der Waals surface area contributed by atoms with Crippen LogP contribution in [0, 0.1) is 0 Å². The summed E-state index contributed by atoms with van der Waals surface area (Å²) in [5, 5.41) is 23.3. The highest BCUT2D eigenvalue weighted by Gasteiger charge is 2.32. The molecule has 0 radical (unpaired) electrons. The van der Waals surface area contributed by atoms with E-state index in [2.05, 4.69) is 15.5 Å². The van der Waals surface area contributed by atoms with Crippen LogP contribution in [0.5, 0.6) is 11.5 Å². The topological polar surface area (TPSA) is 120 Å². The zero-order valence-electron chi connectivity index (χ0n) is 20.0. The number of ether oxygens (including phenoxy) is 2. The lowest BCUT2D eigenvalue weighted by Crippen LogP contribution is -2.33. The predicted octanol–water partition coefficient (Wildman–Crippen LogP) is 4.01. The predicted molar refractivity (Wildman–Crippen MR) is 139 cm³/mol. The van der Waals surface area contributed by atoms with Crippen LogP contribution < -0.4 is 13.8 Å². The second kappa shape index (κ2) is 10.9. The Bertz CT molecular complexity index is 1530. The van der Waals surface area contributed by atoms with Gasteiger partial charge in [-0.15, -0.1) is 5.10 Å². The summed E-state index contributed by atoms with van der Waals surface area (Å²) < 4.78 is 41.3. The van der Waals surface area contributed by atoms with E-state index in [4.69, 9.17) is 32.7 Å². The standard InChI is InChI=1S/C24H23Cl2N5O5S/c1-30-23(27-28-29-30)14-31(37(33,34)16-9-11-21(35-2)22(13-16)36-3)20-10-8-15(25)12-18(20)24(32)17-6-4-5-7-19(17)26/h4-13,24,32H,14H2,1-3H3. The number of aryl methyl sites for hydroxylation is 1. The van der Waals surface area contributed by atoms with E-state index in [9.17, 15) is 13.5 Å². The fourth-order valence-corrected chi connectivity index (χ4v) is 5.63. The molecule has 194 valence electrons. The second-order valence-corrected chi connectivity index (χ2v) is 10.6. The van der Waals surface area contributed by atoms with E-state index >= 15 is 0 Å². The number of tetrazole rings is 1. The lowest BCUT2D eigenvalue weighted by Gasteiger charge is -2.28. The fraction of sp³-hybridized carbons (Fsp3) is 0.208. The van der Waals surface area contributed by atoms with Crippen LogP contribution in [0.4, 0.5) is 5.69 Å². The molecule has 0 amide bonds. The van der Waals surface area contributed by atoms with Gasteiger partial charge in [0, 0.05) is 34.3 Å². The van der Waals surface area contributed by atoms with Gasteiger partial charge in [-0.3, -0.25) is 4.31 Å². The van der Waals surface area contributed by atoms with Gasteiger partial charge in [0.25, 0.3) is 10.0 Å². The van der Waals surface area contributed by atoms with E-state index in [1.54, 1.807) is 31.3 Å². The molecule has 0 aliphatic rings. The maximum atomic E-state index is 14.1. The van der Waals surface area contributed by atoms with Crippen LogP contribution in [0.15, 0.2) is 65.6 Å². The minimum Gasteiger partial charge on any atom is -0.493 e. The SMILES string of the molecule is COc1ccc(S(=O)(=O)N(Cc2nnnn2C)c2ccc(Cl)cc2C(O)c2ccccc2Cl)cc1OC. The highest BCUT2D eigenvalue weighted by molar-refractivity contribution is 7.92. The summed E-state index contributed by atoms with van der Waals surface area (Å²) >= 11 is 12.6. The Kier molecular flexibility index (Phi) is 7.88. The van der Waals surface area contributed by atoms with Crippen LogP contribution in [0.3, 0.4) is 0 Å². The number of benzene rings is 3. The second-order valence-electron chi connectivity index (χ2n) is 7.87. The van der Waals surface area contributed by atoms with Crippen LogP contribution in [0.1, 0.15) is 23.1 Å². The summed E-state index contributed by atoms with van der Waals surface area (Å²) in [6.07, 6.45) is -1.29. The third kappa shape index (κ3) is 5.35. The van der Waals surface area contributed by atoms with Crippen molar-refractivity contribution in [3.05, 3.63) is 87.7 Å². The summed E-state index contributed by atoms with van der Waals surface area (Å²) in [6, 6.07) is 15.5. The maximum Gasteiger partial charge on any atom is 0.264 e. The van der Waals surface area contributed by atoms with Gasteiger partial charge >= 0.3 is 0 Å². The Labute approximate surface area is 224 Å². The van der Waals surface area contributed by atoms with Gasteiger partial charge in [-0.25, -0.2) is 13.1 Å². The Morgan fingerprint density at radius 3 is 2.38 bits per heavy atom. The number of halogens is 2. The van der Waals surface area contributed by atoms with E-state index in [-0.39, 0.29) is 34.3 Å². The van der Waals surface area contributed by atoms with Crippen molar-refractivity contribution in [1.29, 1.82) is 0 Å². The number of nitrogens with zero attached hydrogens (tertiary/aromatic N) is 5. The largest absolute Gasteiger partial charge is 0.493 e. The Balaban J connectivity index is 1.92. The van der Waals surface area contributed by atoms with E-state index < -0.39 is 16.1 Å². The van der Waals surface area contributed by atoms with E-state index in [0.29, 0.717) is 21.4 Å². The zero-order valence-corrected chi connectivity index (χ0v) is 22.4. The van der Waals surface area contributed by atoms with Gasteiger partial charge in [-0.1, -0.05) is 41.4 Å². The molecule has 1 aromatic heterocycles. The number of rotatable bonds is 9. The average Bonchev–Trinajstić information content (AvgIpc) is 3.31. The summed E-state index contributed by atoms with van der Waals surface area (Å²) in [7, 11) is 0.196. The van der Waals surface area contributed by atoms with E-state index in [1.165, 1.54) is 55.3 Å². The van der Waals surface area contributed by atoms with Crippen molar-refractivity contribution in [2.45, 2.75) is 17.5 Å². The van der Waals surface area contributed by atoms with Crippen molar-refractivity contribution >= 4 is 38.9 Å². The number of hydrogen-bond acceptors (Lipinski definition) is 8. The number of aliphatic hydroxyl groups excluding tert-OH is 1. The van der Waals surface area contributed by atoms with Gasteiger partial charge < -0.3 is 14.6 Å². The molecule has 4 rings (SSSR count). The molecule has 4 aromatic rings. The summed E-state index contributed by atoms with van der Waals surface area (Å²) in [5.41, 5.74) is 0.769. The van der Waals surface area contributed by atoms with Gasteiger partial charge in [-0.2, -0.15) is 0 Å². The number of aliphatic hydroxyl groups is 1. The first-order valence-electron chi connectivity index (χ1n) is 10.8. The quantitative estimate of drug-likeness (QED) is 0.324. The molecule has 0 aliphatic heterocycles. The molecule has 1 heterocycles. The first-order chi connectivity index (χ1) is 17.7. The molecular weight excluding hydrogens is 541 g/mol. The lowest BCUT2D eigenvalue weighted by molar-refractivity contribution is 0.221. The minimum absolute atomic E-state index is 0.0755. The van der Waals surface area contributed by atoms with Crippen LogP contribution in [0.25, 0.3) is 0 Å². The van der Waals surface area contributed by atoms with Gasteiger partial charge in [0.2, 0.25) is 0 Å². The fourth-order valence-electron chi connectivity index (χ4n) is 3.75. The molecular formula is C24H23Cl2N5O5S. The van der Waals surface area contributed by atoms with E-state index in [0.717, 1.165) is 4.31 Å². The normalized spacial score (nSPS) is 12.3. The first kappa shape index (κ1) is 26.7. The molecule has 0 saturated heterocycles. The Hall–Kier alpha value is -3.38. The lowest BCUT2D eigenvalue weighted by atomic mass is 9.99. The number of methoxy groups -OCH3 is 2. The molecule has 1 unspecified atom stereocenters. The van der Waals surface area contributed by atoms with Crippen molar-refractivity contribution in [1.82, 2.24) is 20.2 Å². The summed E-state index contributed by atoms with van der Waals surface area (Å²) in [6.45, 7) is -0.246. The highest BCUT2D eigenvalue weighted by atomic mass is 35.5. The molecule has 0 bridgehead atoms. The third-order valence-electron chi connectivity index (χ3n) is 5.69. The average molecular weight is 564 g/mol. The van der Waals surface area contributed by atoms with Crippen LogP contribution in [0.2, 0.25) is 10.0 Å². The van der Waals surface area contributed by atoms with E-state index in [1.807, 2.05) is 0 Å². The smallest absolute Gasteiger partial charge is 0.264 e. The molecule has 10 nitrogen and oxygen atoms in total. The van der Waals surface area contributed by atoms with Gasteiger partial charge in [0.1, 0.15) is 6.10 Å². The number of hydrogen-bond donors (Lipinski definition) is 1. The molecule has 0 spiro atoms. The van der Waals surface area contributed by atoms with Crippen LogP contribution in [-0.4, -0.2) is 48.0 Å². The zero-order chi connectivity index (χ0) is 26.7. The Morgan fingerprint density at radius 2 is 1.73 bits per heavy atom. The number of anilines is 1. The van der Waals surface area contributed by atoms with Crippen molar-refractivity contribution in [2.75, 3.05) is 18.5 Å². The molecule has 37 heavy (non-hydrogen) atoms. The van der Waals surface area contributed by atoms with Crippen molar-refractivity contribution in [3.63, 3.8) is 0 Å². The molecule has 3 aromatic carbocycles. The van der Waals surface area contributed by atoms with Crippen LogP contribution in [-0.2, 0) is 23.6 Å². The highest BCUT2D eigenvalue weighted by Crippen LogP contribution is 2.39. The van der Waals surface area contributed by atoms with Gasteiger partial charge in [0.05, 0.1) is 31.3 Å². The van der Waals surface area contributed by atoms with Gasteiger partial charge in [-0.05, 0) is 46.8 Å². The Morgan fingerprint density at radius 1 is 1.00 bits per heavy atom. The first-order valence-corrected chi connectivity index (χ1v) is 13.0. The molecule has 13 heteroatoms. The number of sulfonamides is 1. The summed E-state index contributed by atoms with van der Waals surface area (Å²) in [4.78, 5) is -0.0755. The molecule has 0 aliphatic carbocycles. The van der Waals surface area contributed by atoms with Gasteiger partial charge in [0.15, 0.2) is 17.3 Å². The maximum absolute atomic E-state index is 14.1. The van der Waals surface area contributed by atoms with Crippen LogP contribution >= 0.6 is 23.2 Å². The minimum atomic E-state index is -4.26. The molecule has 1 atom stereocenters. The molecule has 1 N–H and O–H groups in total. The monoisotopic (exact) mass is 563 g/mol. The van der Waals surface area contributed by atoms with Crippen molar-refractivity contribution < 1.29 is 23.0 Å². The van der Waals surface area contributed by atoms with Crippen molar-refractivity contribution in [3.8, 4) is 11.5 Å². The molecule has 0 fully saturated rings. The molecule has 0 saturated carbocycles.